The first kappa shape index (κ1) is 18.3. The molecular weight excluding hydrogens is 353 g/mol. The van der Waals surface area contributed by atoms with Gasteiger partial charge >= 0.3 is 0 Å². The summed E-state index contributed by atoms with van der Waals surface area (Å²) in [7, 11) is -3.36. The largest absolute Gasteiger partial charge is 0.300 e. The highest BCUT2D eigenvalue weighted by molar-refractivity contribution is 7.94. The van der Waals surface area contributed by atoms with Crippen LogP contribution in [0, 0.1) is 5.82 Å². The predicted octanol–water partition coefficient (Wildman–Crippen LogP) is 3.91. The lowest BCUT2D eigenvalue weighted by atomic mass is 10.0. The van der Waals surface area contributed by atoms with Gasteiger partial charge in [0.1, 0.15) is 5.82 Å². The molecule has 0 spiro atoms. The van der Waals surface area contributed by atoms with Crippen molar-refractivity contribution >= 4 is 21.4 Å². The summed E-state index contributed by atoms with van der Waals surface area (Å²) in [6, 6.07) is 12.4. The van der Waals surface area contributed by atoms with E-state index in [1.54, 1.807) is 18.2 Å². The van der Waals surface area contributed by atoms with Crippen LogP contribution in [0.4, 0.5) is 10.1 Å². The zero-order valence-corrected chi connectivity index (χ0v) is 15.4. The van der Waals surface area contributed by atoms with Crippen LogP contribution in [0.15, 0.2) is 60.0 Å². The van der Waals surface area contributed by atoms with E-state index in [9.17, 15) is 17.6 Å². The Hall–Kier alpha value is -2.47. The number of halogens is 1. The van der Waals surface area contributed by atoms with Gasteiger partial charge in [0, 0.05) is 11.1 Å². The van der Waals surface area contributed by atoms with Gasteiger partial charge in [0.2, 0.25) is 0 Å². The summed E-state index contributed by atoms with van der Waals surface area (Å²) in [5.41, 5.74) is 1.55. The Kier molecular flexibility index (Phi) is 4.96. The van der Waals surface area contributed by atoms with E-state index < -0.39 is 27.6 Å². The second kappa shape index (κ2) is 7.03. The Balaban J connectivity index is 2.04. The normalized spacial score (nSPS) is 18.2. The predicted molar refractivity (Wildman–Crippen MR) is 100 cm³/mol. The summed E-state index contributed by atoms with van der Waals surface area (Å²) in [5.74, 6) is -1.08. The highest BCUT2D eigenvalue weighted by atomic mass is 32.2. The Bertz CT molecular complexity index is 949. The quantitative estimate of drug-likeness (QED) is 0.817. The summed E-state index contributed by atoms with van der Waals surface area (Å²) >= 11 is 0. The van der Waals surface area contributed by atoms with Gasteiger partial charge in [-0.05, 0) is 41.8 Å². The third-order valence-electron chi connectivity index (χ3n) is 4.40. The standard InChI is InChI=1S/C20H20FNO3S/c1-14(2)15-7-9-16(10-8-15)22(17-11-12-26(24,25)13-17)20(23)18-5-3-4-6-19(18)21/h3-12,14,17H,13H2,1-2H3/t17-/m0/s1. The van der Waals surface area contributed by atoms with E-state index in [-0.39, 0.29) is 11.3 Å². The maximum atomic E-state index is 14.1. The number of amides is 1. The van der Waals surface area contributed by atoms with Crippen LogP contribution in [0.3, 0.4) is 0 Å². The van der Waals surface area contributed by atoms with Crippen LogP contribution < -0.4 is 4.90 Å². The van der Waals surface area contributed by atoms with Crippen molar-refractivity contribution in [3.05, 3.63) is 77.0 Å². The number of carbonyl (C=O) groups is 1. The Morgan fingerprint density at radius 2 is 1.77 bits per heavy atom. The summed E-state index contributed by atoms with van der Waals surface area (Å²) in [6.45, 7) is 4.12. The molecule has 6 heteroatoms. The molecule has 0 saturated carbocycles. The fourth-order valence-electron chi connectivity index (χ4n) is 2.96. The minimum atomic E-state index is -3.36. The molecule has 0 aliphatic carbocycles. The third kappa shape index (κ3) is 3.70. The lowest BCUT2D eigenvalue weighted by Crippen LogP contribution is -2.41. The molecule has 3 rings (SSSR count). The van der Waals surface area contributed by atoms with Crippen LogP contribution in [0.5, 0.6) is 0 Å². The smallest absolute Gasteiger partial charge is 0.261 e. The number of carbonyl (C=O) groups excluding carboxylic acids is 1. The van der Waals surface area contributed by atoms with Crippen molar-refractivity contribution in [3.8, 4) is 0 Å². The Morgan fingerprint density at radius 1 is 1.12 bits per heavy atom. The van der Waals surface area contributed by atoms with Crippen LogP contribution in [-0.2, 0) is 9.84 Å². The molecule has 0 saturated heterocycles. The average molecular weight is 373 g/mol. The molecule has 0 aromatic heterocycles. The van der Waals surface area contributed by atoms with Crippen molar-refractivity contribution in [2.45, 2.75) is 25.8 Å². The average Bonchev–Trinajstić information content (AvgIpc) is 2.95. The lowest BCUT2D eigenvalue weighted by Gasteiger charge is -2.28. The highest BCUT2D eigenvalue weighted by Crippen LogP contribution is 2.27. The number of rotatable bonds is 4. The monoisotopic (exact) mass is 373 g/mol. The second-order valence-corrected chi connectivity index (χ2v) is 8.56. The summed E-state index contributed by atoms with van der Waals surface area (Å²) < 4.78 is 37.8. The van der Waals surface area contributed by atoms with Gasteiger partial charge in [0.05, 0.1) is 17.4 Å². The molecule has 0 bridgehead atoms. The van der Waals surface area contributed by atoms with Crippen LogP contribution >= 0.6 is 0 Å². The molecule has 4 nitrogen and oxygen atoms in total. The molecule has 1 aliphatic heterocycles. The van der Waals surface area contributed by atoms with E-state index in [1.165, 1.54) is 29.2 Å². The maximum Gasteiger partial charge on any atom is 0.261 e. The number of anilines is 1. The molecule has 0 unspecified atom stereocenters. The van der Waals surface area contributed by atoms with Crippen LogP contribution in [0.1, 0.15) is 35.7 Å². The molecule has 1 aliphatic rings. The number of benzene rings is 2. The number of hydrogen-bond donors (Lipinski definition) is 0. The van der Waals surface area contributed by atoms with Crippen LogP contribution in [0.25, 0.3) is 0 Å². The van der Waals surface area contributed by atoms with E-state index in [4.69, 9.17) is 0 Å². The molecular formula is C20H20FNO3S. The molecule has 1 heterocycles. The third-order valence-corrected chi connectivity index (χ3v) is 5.78. The van der Waals surface area contributed by atoms with Gasteiger partial charge in [-0.1, -0.05) is 38.1 Å². The van der Waals surface area contributed by atoms with E-state index >= 15 is 0 Å². The van der Waals surface area contributed by atoms with E-state index in [0.717, 1.165) is 11.0 Å². The number of nitrogens with zero attached hydrogens (tertiary/aromatic N) is 1. The minimum absolute atomic E-state index is 0.0851. The summed E-state index contributed by atoms with van der Waals surface area (Å²) in [5, 5.41) is 1.11. The van der Waals surface area contributed by atoms with Gasteiger partial charge < -0.3 is 4.90 Å². The number of sulfone groups is 1. The molecule has 2 aromatic carbocycles. The van der Waals surface area contributed by atoms with Crippen molar-refractivity contribution < 1.29 is 17.6 Å². The Labute approximate surface area is 152 Å². The van der Waals surface area contributed by atoms with Gasteiger partial charge in [0.15, 0.2) is 9.84 Å². The van der Waals surface area contributed by atoms with Gasteiger partial charge in [-0.2, -0.15) is 0 Å². The van der Waals surface area contributed by atoms with Gasteiger partial charge in [0.25, 0.3) is 5.91 Å². The van der Waals surface area contributed by atoms with Crippen molar-refractivity contribution in [1.29, 1.82) is 0 Å². The fourth-order valence-corrected chi connectivity index (χ4v) is 4.23. The van der Waals surface area contributed by atoms with Crippen LogP contribution in [-0.4, -0.2) is 26.1 Å². The van der Waals surface area contributed by atoms with Crippen molar-refractivity contribution in [2.24, 2.45) is 0 Å². The minimum Gasteiger partial charge on any atom is -0.300 e. The highest BCUT2D eigenvalue weighted by Gasteiger charge is 2.32. The molecule has 1 amide bonds. The maximum absolute atomic E-state index is 14.1. The first-order valence-electron chi connectivity index (χ1n) is 8.37. The van der Waals surface area contributed by atoms with Crippen LogP contribution in [0.2, 0.25) is 0 Å². The van der Waals surface area contributed by atoms with E-state index in [1.807, 2.05) is 12.1 Å². The van der Waals surface area contributed by atoms with E-state index in [0.29, 0.717) is 11.6 Å². The first-order chi connectivity index (χ1) is 12.3. The van der Waals surface area contributed by atoms with Gasteiger partial charge in [-0.25, -0.2) is 12.8 Å². The Morgan fingerprint density at radius 3 is 2.31 bits per heavy atom. The molecule has 136 valence electrons. The molecule has 2 aromatic rings. The first-order valence-corrected chi connectivity index (χ1v) is 10.1. The molecule has 0 fully saturated rings. The SMILES string of the molecule is CC(C)c1ccc(N(C(=O)c2ccccc2F)[C@H]2C=CS(=O)(=O)C2)cc1. The van der Waals surface area contributed by atoms with Gasteiger partial charge in [-0.15, -0.1) is 0 Å². The molecule has 0 radical (unpaired) electrons. The summed E-state index contributed by atoms with van der Waals surface area (Å²) in [6.07, 6.45) is 1.48. The second-order valence-electron chi connectivity index (χ2n) is 6.63. The molecule has 0 N–H and O–H groups in total. The zero-order valence-electron chi connectivity index (χ0n) is 14.6. The summed E-state index contributed by atoms with van der Waals surface area (Å²) in [4.78, 5) is 14.4. The van der Waals surface area contributed by atoms with Crippen molar-refractivity contribution in [2.75, 3.05) is 10.7 Å². The van der Waals surface area contributed by atoms with Crippen molar-refractivity contribution in [1.82, 2.24) is 0 Å². The molecule has 1 atom stereocenters. The van der Waals surface area contributed by atoms with Gasteiger partial charge in [-0.3, -0.25) is 4.79 Å². The topological polar surface area (TPSA) is 54.5 Å². The van der Waals surface area contributed by atoms with E-state index in [2.05, 4.69) is 13.8 Å². The fraction of sp³-hybridized carbons (Fsp3) is 0.250. The van der Waals surface area contributed by atoms with Crippen molar-refractivity contribution in [3.63, 3.8) is 0 Å². The lowest BCUT2D eigenvalue weighted by molar-refractivity contribution is 0.0979. The zero-order chi connectivity index (χ0) is 18.9. The molecule has 26 heavy (non-hydrogen) atoms. The number of hydrogen-bond acceptors (Lipinski definition) is 3.